The molecular formula is C31H42N4O11. The summed E-state index contributed by atoms with van der Waals surface area (Å²) in [6.45, 7) is 5.54. The zero-order valence-electron chi connectivity index (χ0n) is 26.1. The lowest BCUT2D eigenvalue weighted by molar-refractivity contribution is -0.168. The van der Waals surface area contributed by atoms with Gasteiger partial charge in [0.1, 0.15) is 17.6 Å². The lowest BCUT2D eigenvalue weighted by atomic mass is 9.90. The maximum atomic E-state index is 12.9. The van der Waals surface area contributed by atoms with Crippen LogP contribution >= 0.6 is 0 Å². The molecule has 46 heavy (non-hydrogen) atoms. The molecule has 1 heterocycles. The molecule has 0 aliphatic rings. The second kappa shape index (κ2) is 18.8. The number of benzene rings is 1. The molecule has 0 spiro atoms. The Hall–Kier alpha value is -4.92. The Balaban J connectivity index is 2.08. The average Bonchev–Trinajstić information content (AvgIpc) is 3.51. The van der Waals surface area contributed by atoms with E-state index in [1.807, 2.05) is 6.92 Å². The lowest BCUT2D eigenvalue weighted by Gasteiger charge is -2.29. The lowest BCUT2D eigenvalue weighted by Crippen LogP contribution is -2.47. The van der Waals surface area contributed by atoms with Crippen molar-refractivity contribution >= 4 is 36.1 Å². The number of hydrogen-bond donors (Lipinski definition) is 6. The number of carbonyl (C=O) groups excluding carboxylic acids is 4. The van der Waals surface area contributed by atoms with E-state index in [0.717, 1.165) is 19.3 Å². The Morgan fingerprint density at radius 3 is 2.37 bits per heavy atom. The van der Waals surface area contributed by atoms with Crippen LogP contribution in [0.15, 0.2) is 34.7 Å². The van der Waals surface area contributed by atoms with E-state index in [9.17, 15) is 39.1 Å². The van der Waals surface area contributed by atoms with Gasteiger partial charge in [-0.1, -0.05) is 45.2 Å². The number of nitrogens with zero attached hydrogens (tertiary/aromatic N) is 1. The van der Waals surface area contributed by atoms with Crippen LogP contribution in [0.1, 0.15) is 75.4 Å². The van der Waals surface area contributed by atoms with Crippen molar-refractivity contribution in [2.75, 3.05) is 13.3 Å². The molecule has 2 rings (SSSR count). The number of nitrogens with one attached hydrogen (secondary N) is 3. The van der Waals surface area contributed by atoms with E-state index in [0.29, 0.717) is 40.5 Å². The number of hydroxylamine groups is 2. The van der Waals surface area contributed by atoms with E-state index in [1.54, 1.807) is 38.1 Å². The molecule has 0 saturated heterocycles. The van der Waals surface area contributed by atoms with Crippen LogP contribution < -0.4 is 20.7 Å². The number of amides is 4. The number of carbonyl (C=O) groups is 6. The van der Waals surface area contributed by atoms with E-state index >= 15 is 0 Å². The van der Waals surface area contributed by atoms with Crippen LogP contribution in [-0.4, -0.2) is 81.9 Å². The molecule has 0 bridgehead atoms. The summed E-state index contributed by atoms with van der Waals surface area (Å²) in [5.74, 6) is -4.68. The zero-order chi connectivity index (χ0) is 34.2. The molecule has 3 atom stereocenters. The number of aliphatic carboxylic acids is 2. The first-order chi connectivity index (χ1) is 21.9. The van der Waals surface area contributed by atoms with Crippen LogP contribution in [0.4, 0.5) is 0 Å². The summed E-state index contributed by atoms with van der Waals surface area (Å²) in [6.07, 6.45) is 2.59. The summed E-state index contributed by atoms with van der Waals surface area (Å²) in [5, 5.41) is 35.9. The third-order valence-corrected chi connectivity index (χ3v) is 7.14. The summed E-state index contributed by atoms with van der Waals surface area (Å²) in [7, 11) is 0. The van der Waals surface area contributed by atoms with Crippen molar-refractivity contribution in [2.45, 2.75) is 77.8 Å². The van der Waals surface area contributed by atoms with Crippen LogP contribution in [0.2, 0.25) is 0 Å². The number of carboxylic acid groups (broad SMARTS) is 2. The minimum atomic E-state index is -1.59. The second-order valence-corrected chi connectivity index (χ2v) is 10.4. The van der Waals surface area contributed by atoms with Crippen molar-refractivity contribution in [1.29, 1.82) is 0 Å². The molecule has 0 radical (unpaired) electrons. The van der Waals surface area contributed by atoms with E-state index in [-0.39, 0.29) is 31.9 Å². The van der Waals surface area contributed by atoms with Gasteiger partial charge in [0.25, 0.3) is 5.91 Å². The van der Waals surface area contributed by atoms with Crippen LogP contribution in [-0.2, 0) is 30.4 Å². The molecule has 252 valence electrons. The maximum Gasteiger partial charge on any atom is 0.326 e. The molecule has 0 fully saturated rings. The van der Waals surface area contributed by atoms with Crippen molar-refractivity contribution in [2.24, 2.45) is 5.92 Å². The molecule has 1 aromatic heterocycles. The number of unbranched alkanes of at least 4 members (excludes halogenated alkanes) is 2. The number of carboxylic acids is 2. The fourth-order valence-electron chi connectivity index (χ4n) is 4.83. The highest BCUT2D eigenvalue weighted by atomic mass is 16.5. The molecule has 6 N–H and O–H groups in total. The molecule has 15 heteroatoms. The van der Waals surface area contributed by atoms with E-state index < -0.39 is 54.1 Å². The minimum Gasteiger partial charge on any atom is -0.494 e. The highest BCUT2D eigenvalue weighted by molar-refractivity contribution is 5.92. The van der Waals surface area contributed by atoms with Gasteiger partial charge in [-0.2, -0.15) is 0 Å². The molecule has 2 unspecified atom stereocenters. The Morgan fingerprint density at radius 2 is 1.76 bits per heavy atom. The molecule has 1 aromatic carbocycles. The van der Waals surface area contributed by atoms with Gasteiger partial charge in [0.15, 0.2) is 5.76 Å². The number of ether oxygens (including phenoxy) is 1. The summed E-state index contributed by atoms with van der Waals surface area (Å²) >= 11 is 0. The first-order valence-electron chi connectivity index (χ1n) is 15.0. The monoisotopic (exact) mass is 646 g/mol. The number of hydrogen-bond acceptors (Lipinski definition) is 9. The molecule has 0 aliphatic heterocycles. The Morgan fingerprint density at radius 1 is 1.02 bits per heavy atom. The van der Waals surface area contributed by atoms with Crippen molar-refractivity contribution < 1.29 is 53.3 Å². The smallest absolute Gasteiger partial charge is 0.326 e. The van der Waals surface area contributed by atoms with E-state index in [2.05, 4.69) is 16.0 Å². The highest BCUT2D eigenvalue weighted by Crippen LogP contribution is 2.29. The fourth-order valence-corrected chi connectivity index (χ4v) is 4.83. The van der Waals surface area contributed by atoms with Crippen molar-refractivity contribution in [3.8, 4) is 17.1 Å². The van der Waals surface area contributed by atoms with Gasteiger partial charge in [0.05, 0.1) is 38.1 Å². The topological polar surface area (TPSA) is 225 Å². The maximum absolute atomic E-state index is 12.9. The van der Waals surface area contributed by atoms with E-state index in [1.165, 1.54) is 6.07 Å². The average molecular weight is 647 g/mol. The van der Waals surface area contributed by atoms with Crippen molar-refractivity contribution in [1.82, 2.24) is 21.0 Å². The minimum absolute atomic E-state index is 0.0442. The Kier molecular flexibility index (Phi) is 15.2. The van der Waals surface area contributed by atoms with Gasteiger partial charge in [-0.05, 0) is 38.0 Å². The van der Waals surface area contributed by atoms with Gasteiger partial charge in [-0.15, -0.1) is 0 Å². The summed E-state index contributed by atoms with van der Waals surface area (Å²) in [5.41, 5.74) is 0.928. The van der Waals surface area contributed by atoms with E-state index in [4.69, 9.17) is 14.3 Å². The molecule has 0 aliphatic carbocycles. The van der Waals surface area contributed by atoms with Gasteiger partial charge >= 0.3 is 11.9 Å². The summed E-state index contributed by atoms with van der Waals surface area (Å²) in [4.78, 5) is 71.5. The Labute approximate surface area is 266 Å². The SMILES string of the molecule is CCCCCC(C(=O)NCNC(=O)c1ccc(-c2ccc(CC(=O)NC(CC(=O)O)C(=O)O)c(OCC)c2)o1)[C@@H](CC)N(O)C=O. The summed E-state index contributed by atoms with van der Waals surface area (Å²) < 4.78 is 11.4. The molecule has 0 saturated carbocycles. The van der Waals surface area contributed by atoms with Crippen LogP contribution in [0.25, 0.3) is 11.3 Å². The van der Waals surface area contributed by atoms with Gasteiger partial charge in [0.2, 0.25) is 18.2 Å². The molecule has 2 aromatic rings. The molecule has 15 nitrogen and oxygen atoms in total. The van der Waals surface area contributed by atoms with Gasteiger partial charge in [-0.3, -0.25) is 29.2 Å². The predicted molar refractivity (Wildman–Crippen MR) is 163 cm³/mol. The quantitative estimate of drug-likeness (QED) is 0.0380. The van der Waals surface area contributed by atoms with Crippen LogP contribution in [0.3, 0.4) is 0 Å². The largest absolute Gasteiger partial charge is 0.494 e. The standard InChI is InChI=1S/C31H42N4O11/c1-4-7-8-9-21(23(5-2)35(44)18-36)29(40)32-17-33-30(41)25-13-12-24(46-25)19-10-11-20(26(14-19)45-6-3)15-27(37)34-22(31(42)43)16-28(38)39/h10-14,18,21-23,44H,4-9,15-17H2,1-3H3,(H,32,40)(H,33,41)(H,34,37)(H,38,39)(H,42,43)/t21?,22?,23-/m1/s1. The third-order valence-electron chi connectivity index (χ3n) is 7.14. The second-order valence-electron chi connectivity index (χ2n) is 10.4. The molecule has 4 amide bonds. The number of furan rings is 1. The third kappa shape index (κ3) is 11.2. The number of rotatable bonds is 21. The first-order valence-corrected chi connectivity index (χ1v) is 15.0. The summed E-state index contributed by atoms with van der Waals surface area (Å²) in [6, 6.07) is 5.48. The van der Waals surface area contributed by atoms with Gasteiger partial charge in [0, 0.05) is 11.1 Å². The highest BCUT2D eigenvalue weighted by Gasteiger charge is 2.30. The van der Waals surface area contributed by atoms with Crippen LogP contribution in [0, 0.1) is 5.92 Å². The molecular weight excluding hydrogens is 604 g/mol. The predicted octanol–water partition coefficient (Wildman–Crippen LogP) is 2.56. The van der Waals surface area contributed by atoms with Gasteiger partial charge in [-0.25, -0.2) is 9.86 Å². The fraction of sp³-hybridized carbons (Fsp3) is 0.484. The Bertz CT molecular complexity index is 1360. The normalized spacial score (nSPS) is 12.7. The first kappa shape index (κ1) is 37.3. The van der Waals surface area contributed by atoms with Crippen molar-refractivity contribution in [3.05, 3.63) is 41.7 Å². The van der Waals surface area contributed by atoms with Gasteiger partial charge < -0.3 is 35.3 Å². The van der Waals surface area contributed by atoms with Crippen molar-refractivity contribution in [3.63, 3.8) is 0 Å². The van der Waals surface area contributed by atoms with Crippen LogP contribution in [0.5, 0.6) is 5.75 Å². The zero-order valence-corrected chi connectivity index (χ0v) is 26.1.